The molecule has 2 N–H and O–H groups in total. The Balaban J connectivity index is 0.00000274. The van der Waals surface area contributed by atoms with Gasteiger partial charge in [0, 0.05) is 12.6 Å². The van der Waals surface area contributed by atoms with Crippen LogP contribution >= 0.6 is 12.4 Å². The summed E-state index contributed by atoms with van der Waals surface area (Å²) in [7, 11) is 0. The van der Waals surface area contributed by atoms with Crippen molar-refractivity contribution in [2.24, 2.45) is 5.92 Å². The van der Waals surface area contributed by atoms with Gasteiger partial charge in [0.1, 0.15) is 29.5 Å². The molecule has 2 aliphatic rings. The van der Waals surface area contributed by atoms with Crippen LogP contribution in [0.2, 0.25) is 0 Å². The number of carbonyl (C=O) groups excluding carboxylic acids is 2. The third-order valence-corrected chi connectivity index (χ3v) is 6.16. The summed E-state index contributed by atoms with van der Waals surface area (Å²) < 4.78 is 16.0. The molecular formula is C22H25ClFN7O3. The van der Waals surface area contributed by atoms with E-state index in [0.717, 1.165) is 25.7 Å². The SMILES string of the molecule is CCc1cc2n(CC(=O)Nc3ccc(F)cn3)c3c(c(=O)n2n1)CN(CC1CCNC1)C3=O.Cl. The second kappa shape index (κ2) is 9.51. The molecule has 1 saturated heterocycles. The van der Waals surface area contributed by atoms with Gasteiger partial charge in [0.25, 0.3) is 11.5 Å². The highest BCUT2D eigenvalue weighted by Gasteiger charge is 2.36. The summed E-state index contributed by atoms with van der Waals surface area (Å²) >= 11 is 0. The maximum Gasteiger partial charge on any atom is 0.280 e. The first-order valence-electron chi connectivity index (χ1n) is 11.0. The summed E-state index contributed by atoms with van der Waals surface area (Å²) in [6.45, 7) is 4.19. The van der Waals surface area contributed by atoms with Crippen molar-refractivity contribution >= 4 is 35.7 Å². The lowest BCUT2D eigenvalue weighted by molar-refractivity contribution is -0.116. The normalized spacial score (nSPS) is 17.2. The van der Waals surface area contributed by atoms with E-state index >= 15 is 0 Å². The minimum Gasteiger partial charge on any atom is -0.332 e. The van der Waals surface area contributed by atoms with Gasteiger partial charge in [0.05, 0.1) is 24.0 Å². The molecule has 180 valence electrons. The van der Waals surface area contributed by atoms with Crippen molar-refractivity contribution in [2.75, 3.05) is 25.0 Å². The molecule has 1 unspecified atom stereocenters. The van der Waals surface area contributed by atoms with Crippen LogP contribution in [-0.4, -0.2) is 55.5 Å². The highest BCUT2D eigenvalue weighted by atomic mass is 35.5. The van der Waals surface area contributed by atoms with Crippen LogP contribution in [0.3, 0.4) is 0 Å². The zero-order chi connectivity index (χ0) is 23.1. The molecule has 34 heavy (non-hydrogen) atoms. The molecule has 0 bridgehead atoms. The van der Waals surface area contributed by atoms with Crippen LogP contribution in [0.1, 0.15) is 35.1 Å². The number of nitrogens with zero attached hydrogens (tertiary/aromatic N) is 5. The summed E-state index contributed by atoms with van der Waals surface area (Å²) in [6.07, 6.45) is 2.58. The first kappa shape index (κ1) is 23.8. The van der Waals surface area contributed by atoms with Crippen molar-refractivity contribution in [2.45, 2.75) is 32.9 Å². The third-order valence-electron chi connectivity index (χ3n) is 6.16. The van der Waals surface area contributed by atoms with Gasteiger partial charge in [-0.15, -0.1) is 12.4 Å². The Morgan fingerprint density at radius 2 is 2.15 bits per heavy atom. The molecule has 10 nitrogen and oxygen atoms in total. The average Bonchev–Trinajstić information content (AvgIpc) is 3.53. The number of hydrogen-bond acceptors (Lipinski definition) is 6. The van der Waals surface area contributed by atoms with Crippen molar-refractivity contribution in [1.29, 1.82) is 0 Å². The van der Waals surface area contributed by atoms with E-state index in [1.165, 1.54) is 16.6 Å². The van der Waals surface area contributed by atoms with Gasteiger partial charge in [-0.1, -0.05) is 6.92 Å². The van der Waals surface area contributed by atoms with Gasteiger partial charge in [-0.3, -0.25) is 14.4 Å². The van der Waals surface area contributed by atoms with E-state index in [1.54, 1.807) is 15.5 Å². The summed E-state index contributed by atoms with van der Waals surface area (Å²) in [4.78, 5) is 44.9. The number of amides is 2. The fourth-order valence-corrected chi connectivity index (χ4v) is 4.50. The Bertz CT molecular complexity index is 1300. The highest BCUT2D eigenvalue weighted by Crippen LogP contribution is 2.25. The van der Waals surface area contributed by atoms with Gasteiger partial charge in [-0.25, -0.2) is 9.37 Å². The Hall–Kier alpha value is -3.31. The zero-order valence-corrected chi connectivity index (χ0v) is 19.4. The smallest absolute Gasteiger partial charge is 0.280 e. The molecule has 1 fully saturated rings. The highest BCUT2D eigenvalue weighted by molar-refractivity contribution is 5.98. The number of anilines is 1. The van der Waals surface area contributed by atoms with Gasteiger partial charge < -0.3 is 20.1 Å². The second-order valence-electron chi connectivity index (χ2n) is 8.43. The van der Waals surface area contributed by atoms with Crippen LogP contribution in [0.5, 0.6) is 0 Å². The largest absolute Gasteiger partial charge is 0.332 e. The number of aromatic nitrogens is 4. The van der Waals surface area contributed by atoms with E-state index in [2.05, 4.69) is 20.7 Å². The first-order valence-corrected chi connectivity index (χ1v) is 11.0. The van der Waals surface area contributed by atoms with Crippen molar-refractivity contribution < 1.29 is 14.0 Å². The van der Waals surface area contributed by atoms with Crippen LogP contribution in [0, 0.1) is 11.7 Å². The van der Waals surface area contributed by atoms with Crippen molar-refractivity contribution in [1.82, 2.24) is 29.4 Å². The summed E-state index contributed by atoms with van der Waals surface area (Å²) in [5, 5.41) is 10.3. The lowest BCUT2D eigenvalue weighted by atomic mass is 10.1. The van der Waals surface area contributed by atoms with Crippen molar-refractivity contribution in [3.63, 3.8) is 0 Å². The summed E-state index contributed by atoms with van der Waals surface area (Å²) in [5.41, 5.74) is 1.30. The van der Waals surface area contributed by atoms with E-state index in [-0.39, 0.29) is 48.5 Å². The second-order valence-corrected chi connectivity index (χ2v) is 8.43. The number of fused-ring (bicyclic) bond motifs is 2. The Kier molecular flexibility index (Phi) is 6.67. The van der Waals surface area contributed by atoms with E-state index < -0.39 is 11.7 Å². The fourth-order valence-electron chi connectivity index (χ4n) is 4.50. The number of halogens is 2. The van der Waals surface area contributed by atoms with Crippen LogP contribution < -0.4 is 16.2 Å². The number of aryl methyl sites for hydroxylation is 1. The van der Waals surface area contributed by atoms with E-state index in [1.807, 2.05) is 6.92 Å². The topological polar surface area (TPSA) is 114 Å². The average molecular weight is 490 g/mol. The number of hydrogen-bond donors (Lipinski definition) is 2. The lowest BCUT2D eigenvalue weighted by Crippen LogP contribution is -2.32. The molecule has 0 saturated carbocycles. The quantitative estimate of drug-likeness (QED) is 0.538. The van der Waals surface area contributed by atoms with E-state index in [9.17, 15) is 18.8 Å². The summed E-state index contributed by atoms with van der Waals surface area (Å²) in [6, 6.07) is 4.28. The van der Waals surface area contributed by atoms with Crippen LogP contribution in [0.15, 0.2) is 29.2 Å². The molecule has 0 aliphatic carbocycles. The lowest BCUT2D eigenvalue weighted by Gasteiger charge is -2.19. The third kappa shape index (κ3) is 4.28. The molecule has 3 aromatic rings. The molecule has 2 aliphatic heterocycles. The first-order chi connectivity index (χ1) is 15.9. The minimum atomic E-state index is -0.512. The maximum absolute atomic E-state index is 13.4. The number of pyridine rings is 1. The van der Waals surface area contributed by atoms with Gasteiger partial charge >= 0.3 is 0 Å². The molecule has 3 aromatic heterocycles. The predicted molar refractivity (Wildman–Crippen MR) is 125 cm³/mol. The number of nitrogens with one attached hydrogen (secondary N) is 2. The Labute approximate surface area is 200 Å². The van der Waals surface area contributed by atoms with Gasteiger partial charge in [0.2, 0.25) is 5.91 Å². The molecule has 12 heteroatoms. The minimum absolute atomic E-state index is 0. The van der Waals surface area contributed by atoms with Crippen molar-refractivity contribution in [3.05, 3.63) is 57.5 Å². The van der Waals surface area contributed by atoms with E-state index in [4.69, 9.17) is 0 Å². The number of carbonyl (C=O) groups is 2. The van der Waals surface area contributed by atoms with Gasteiger partial charge in [-0.05, 0) is 44.0 Å². The molecular weight excluding hydrogens is 465 g/mol. The monoisotopic (exact) mass is 489 g/mol. The molecule has 2 amide bonds. The fraction of sp³-hybridized carbons (Fsp3) is 0.409. The maximum atomic E-state index is 13.4. The summed E-state index contributed by atoms with van der Waals surface area (Å²) in [5.74, 6) is -0.701. The molecule has 0 spiro atoms. The predicted octanol–water partition coefficient (Wildman–Crippen LogP) is 1.22. The van der Waals surface area contributed by atoms with Crippen molar-refractivity contribution in [3.8, 4) is 0 Å². The zero-order valence-electron chi connectivity index (χ0n) is 18.6. The van der Waals surface area contributed by atoms with Gasteiger partial charge in [0.15, 0.2) is 0 Å². The van der Waals surface area contributed by atoms with Crippen LogP contribution in [0.4, 0.5) is 10.2 Å². The molecule has 1 atom stereocenters. The standard InChI is InChI=1S/C22H24FN7O3.ClH/c1-2-15-7-19-29(12-18(31)26-17-4-3-14(23)9-25-17)20-16(21(32)30(19)27-15)11-28(22(20)33)10-13-5-6-24-8-13;/h3-4,7,9,13,24H,2,5-6,8,10-12H2,1H3,(H,25,26,31);1H. The molecule has 5 rings (SSSR count). The van der Waals surface area contributed by atoms with Gasteiger partial charge in [-0.2, -0.15) is 9.61 Å². The Morgan fingerprint density at radius 3 is 2.82 bits per heavy atom. The Morgan fingerprint density at radius 1 is 1.32 bits per heavy atom. The van der Waals surface area contributed by atoms with E-state index in [0.29, 0.717) is 35.8 Å². The van der Waals surface area contributed by atoms with Crippen LogP contribution in [0.25, 0.3) is 5.65 Å². The molecule has 0 radical (unpaired) electrons. The molecule has 0 aromatic carbocycles. The molecule has 5 heterocycles. The number of rotatable bonds is 6. The van der Waals surface area contributed by atoms with Crippen LogP contribution in [-0.2, 0) is 24.3 Å².